The maximum atomic E-state index is 11.3. The minimum atomic E-state index is -1.70. The molecule has 0 aliphatic rings. The molecule has 106 valence electrons. The van der Waals surface area contributed by atoms with Crippen molar-refractivity contribution in [2.24, 2.45) is 11.8 Å². The lowest BCUT2D eigenvalue weighted by atomic mass is 9.87. The second-order valence-electron chi connectivity index (χ2n) is 3.66. The third-order valence-electron chi connectivity index (χ3n) is 2.26. The Labute approximate surface area is 108 Å². The number of rotatable bonds is 9. The molecule has 0 aliphatic heterocycles. The number of carboxylic acids is 3. The lowest BCUT2D eigenvalue weighted by Crippen LogP contribution is -2.33. The van der Waals surface area contributed by atoms with Crippen LogP contribution < -0.4 is 0 Å². The molecule has 0 spiro atoms. The van der Waals surface area contributed by atoms with Crippen molar-refractivity contribution in [1.29, 1.82) is 0 Å². The van der Waals surface area contributed by atoms with E-state index in [9.17, 15) is 19.2 Å². The molecular formula is C11H14O8. The third kappa shape index (κ3) is 6.20. The van der Waals surface area contributed by atoms with Crippen LogP contribution in [0.15, 0.2) is 12.7 Å². The first-order chi connectivity index (χ1) is 8.79. The molecule has 0 bridgehead atoms. The average Bonchev–Trinajstić information content (AvgIpc) is 2.29. The van der Waals surface area contributed by atoms with E-state index in [1.54, 1.807) is 0 Å². The molecule has 0 radical (unpaired) electrons. The van der Waals surface area contributed by atoms with Gasteiger partial charge in [0.1, 0.15) is 6.61 Å². The number of carbonyl (C=O) groups excluding carboxylic acids is 1. The van der Waals surface area contributed by atoms with E-state index < -0.39 is 48.6 Å². The normalized spacial score (nSPS) is 13.1. The van der Waals surface area contributed by atoms with Gasteiger partial charge in [-0.15, -0.1) is 0 Å². The molecule has 8 nitrogen and oxygen atoms in total. The summed E-state index contributed by atoms with van der Waals surface area (Å²) in [5.41, 5.74) is 0. The molecule has 0 aromatic rings. The summed E-state index contributed by atoms with van der Waals surface area (Å²) in [5.74, 6) is -8.91. The summed E-state index contributed by atoms with van der Waals surface area (Å²) < 4.78 is 4.55. The number of hydrogen-bond donors (Lipinski definition) is 3. The van der Waals surface area contributed by atoms with Gasteiger partial charge in [0.25, 0.3) is 0 Å². The fourth-order valence-corrected chi connectivity index (χ4v) is 1.38. The van der Waals surface area contributed by atoms with Crippen molar-refractivity contribution in [3.63, 3.8) is 0 Å². The predicted octanol–water partition coefficient (Wildman–Crippen LogP) is -0.0180. The van der Waals surface area contributed by atoms with Crippen LogP contribution in [0.4, 0.5) is 0 Å². The molecule has 0 saturated carbocycles. The Hall–Kier alpha value is -2.38. The molecule has 8 heteroatoms. The predicted molar refractivity (Wildman–Crippen MR) is 60.3 cm³/mol. The molecule has 2 atom stereocenters. The minimum absolute atomic E-state index is 0.137. The van der Waals surface area contributed by atoms with Crippen LogP contribution in [-0.2, 0) is 23.9 Å². The fraction of sp³-hybridized carbons (Fsp3) is 0.455. The molecular weight excluding hydrogens is 260 g/mol. The molecule has 0 fully saturated rings. The maximum absolute atomic E-state index is 11.3. The Balaban J connectivity index is 4.89. The Morgan fingerprint density at radius 1 is 1.00 bits per heavy atom. The second-order valence-corrected chi connectivity index (χ2v) is 3.66. The number of aliphatic carboxylic acids is 3. The van der Waals surface area contributed by atoms with E-state index >= 15 is 0 Å². The summed E-state index contributed by atoms with van der Waals surface area (Å²) in [7, 11) is 0. The average molecular weight is 274 g/mol. The van der Waals surface area contributed by atoms with Gasteiger partial charge in [0.2, 0.25) is 0 Å². The summed E-state index contributed by atoms with van der Waals surface area (Å²) in [5, 5.41) is 26.3. The highest BCUT2D eigenvalue weighted by atomic mass is 16.5. The third-order valence-corrected chi connectivity index (χ3v) is 2.26. The van der Waals surface area contributed by atoms with Crippen molar-refractivity contribution in [1.82, 2.24) is 0 Å². The number of ether oxygens (including phenoxy) is 1. The number of hydrogen-bond acceptors (Lipinski definition) is 5. The van der Waals surface area contributed by atoms with E-state index in [4.69, 9.17) is 15.3 Å². The number of carbonyl (C=O) groups is 4. The highest BCUT2D eigenvalue weighted by Crippen LogP contribution is 2.21. The zero-order valence-electron chi connectivity index (χ0n) is 9.94. The first-order valence-electron chi connectivity index (χ1n) is 5.23. The standard InChI is InChI=1S/C11H14O8/c1-2-3-19-9(14)5-7(11(17)18)6(10(15)16)4-8(12)13/h2,6-7H,1,3-5H2,(H,12,13)(H,15,16)(H,17,18). The van der Waals surface area contributed by atoms with Gasteiger partial charge in [0, 0.05) is 0 Å². The summed E-state index contributed by atoms with van der Waals surface area (Å²) in [6.07, 6.45) is -0.339. The molecule has 0 rings (SSSR count). The van der Waals surface area contributed by atoms with Gasteiger partial charge < -0.3 is 20.1 Å². The quantitative estimate of drug-likeness (QED) is 0.394. The number of esters is 1. The van der Waals surface area contributed by atoms with Crippen LogP contribution in [0.2, 0.25) is 0 Å². The smallest absolute Gasteiger partial charge is 0.307 e. The van der Waals surface area contributed by atoms with Crippen molar-refractivity contribution in [3.05, 3.63) is 12.7 Å². The summed E-state index contributed by atoms with van der Waals surface area (Å²) in [4.78, 5) is 43.6. The topological polar surface area (TPSA) is 138 Å². The van der Waals surface area contributed by atoms with Crippen molar-refractivity contribution >= 4 is 23.9 Å². The first-order valence-corrected chi connectivity index (χ1v) is 5.23. The second kappa shape index (κ2) is 7.85. The van der Waals surface area contributed by atoms with Gasteiger partial charge in [0.15, 0.2) is 0 Å². The Kier molecular flexibility index (Phi) is 6.87. The Morgan fingerprint density at radius 2 is 1.47 bits per heavy atom. The minimum Gasteiger partial charge on any atom is -0.481 e. The van der Waals surface area contributed by atoms with Crippen molar-refractivity contribution in [3.8, 4) is 0 Å². The molecule has 0 saturated heterocycles. The zero-order valence-corrected chi connectivity index (χ0v) is 9.94. The van der Waals surface area contributed by atoms with Crippen LogP contribution in [0, 0.1) is 11.8 Å². The Morgan fingerprint density at radius 3 is 1.84 bits per heavy atom. The van der Waals surface area contributed by atoms with E-state index in [1.807, 2.05) is 0 Å². The van der Waals surface area contributed by atoms with Crippen molar-refractivity contribution in [2.45, 2.75) is 12.8 Å². The van der Waals surface area contributed by atoms with E-state index in [0.29, 0.717) is 0 Å². The molecule has 3 N–H and O–H groups in total. The Bertz CT molecular complexity index is 386. The zero-order chi connectivity index (χ0) is 15.0. The van der Waals surface area contributed by atoms with Crippen molar-refractivity contribution < 1.29 is 39.2 Å². The van der Waals surface area contributed by atoms with E-state index in [2.05, 4.69) is 11.3 Å². The molecule has 0 aromatic heterocycles. The lowest BCUT2D eigenvalue weighted by Gasteiger charge is -2.17. The number of carboxylic acid groups (broad SMARTS) is 3. The highest BCUT2D eigenvalue weighted by Gasteiger charge is 2.37. The summed E-state index contributed by atoms with van der Waals surface area (Å²) >= 11 is 0. The van der Waals surface area contributed by atoms with E-state index in [0.717, 1.165) is 0 Å². The molecule has 0 aromatic carbocycles. The van der Waals surface area contributed by atoms with E-state index in [-0.39, 0.29) is 6.61 Å². The summed E-state index contributed by atoms with van der Waals surface area (Å²) in [6, 6.07) is 0. The van der Waals surface area contributed by atoms with Crippen LogP contribution in [0.25, 0.3) is 0 Å². The van der Waals surface area contributed by atoms with Crippen LogP contribution in [-0.4, -0.2) is 45.8 Å². The van der Waals surface area contributed by atoms with Gasteiger partial charge in [-0.1, -0.05) is 12.7 Å². The molecule has 2 unspecified atom stereocenters. The van der Waals surface area contributed by atoms with Gasteiger partial charge in [0.05, 0.1) is 24.7 Å². The van der Waals surface area contributed by atoms with Gasteiger partial charge in [-0.2, -0.15) is 0 Å². The molecule has 0 aliphatic carbocycles. The van der Waals surface area contributed by atoms with Crippen LogP contribution in [0.1, 0.15) is 12.8 Å². The van der Waals surface area contributed by atoms with E-state index in [1.165, 1.54) is 6.08 Å². The van der Waals surface area contributed by atoms with Gasteiger partial charge in [-0.05, 0) is 0 Å². The van der Waals surface area contributed by atoms with Gasteiger partial charge >= 0.3 is 23.9 Å². The van der Waals surface area contributed by atoms with Crippen LogP contribution in [0.3, 0.4) is 0 Å². The monoisotopic (exact) mass is 274 g/mol. The maximum Gasteiger partial charge on any atom is 0.307 e. The summed E-state index contributed by atoms with van der Waals surface area (Å²) in [6.45, 7) is 3.15. The SMILES string of the molecule is C=CCOC(=O)CC(C(=O)O)C(CC(=O)O)C(=O)O. The largest absolute Gasteiger partial charge is 0.481 e. The van der Waals surface area contributed by atoms with Crippen molar-refractivity contribution in [2.75, 3.05) is 6.61 Å². The van der Waals surface area contributed by atoms with Gasteiger partial charge in [-0.3, -0.25) is 19.2 Å². The molecule has 0 amide bonds. The molecule has 0 heterocycles. The highest BCUT2D eigenvalue weighted by molar-refractivity contribution is 5.86. The first kappa shape index (κ1) is 16.6. The fourth-order valence-electron chi connectivity index (χ4n) is 1.38. The van der Waals surface area contributed by atoms with Crippen LogP contribution in [0.5, 0.6) is 0 Å². The molecule has 19 heavy (non-hydrogen) atoms. The van der Waals surface area contributed by atoms with Crippen LogP contribution >= 0.6 is 0 Å². The van der Waals surface area contributed by atoms with Gasteiger partial charge in [-0.25, -0.2) is 0 Å². The lowest BCUT2D eigenvalue weighted by molar-refractivity contribution is -0.160.